The van der Waals surface area contributed by atoms with E-state index in [2.05, 4.69) is 20.2 Å². The van der Waals surface area contributed by atoms with Gasteiger partial charge in [-0.05, 0) is 30.3 Å². The topological polar surface area (TPSA) is 81.7 Å². The smallest absolute Gasteiger partial charge is 0.417 e. The van der Waals surface area contributed by atoms with E-state index in [9.17, 15) is 18.0 Å². The molecule has 0 saturated heterocycles. The summed E-state index contributed by atoms with van der Waals surface area (Å²) < 4.78 is 50.0. The summed E-state index contributed by atoms with van der Waals surface area (Å²) in [6, 6.07) is 13.0. The number of alkyl halides is 3. The second kappa shape index (κ2) is 8.58. The molecule has 7 nitrogen and oxygen atoms in total. The molecular formula is C22H17F3N4O3. The van der Waals surface area contributed by atoms with Crippen LogP contribution in [0.4, 0.5) is 19.0 Å². The maximum atomic E-state index is 12.6. The first-order valence-corrected chi connectivity index (χ1v) is 9.42. The van der Waals surface area contributed by atoms with Gasteiger partial charge in [0, 0.05) is 28.9 Å². The Hall–Kier alpha value is -4.08. The number of anilines is 1. The third-order valence-corrected chi connectivity index (χ3v) is 4.67. The van der Waals surface area contributed by atoms with Crippen LogP contribution in [0.25, 0.3) is 10.9 Å². The van der Waals surface area contributed by atoms with Gasteiger partial charge < -0.3 is 13.7 Å². The normalized spacial score (nSPS) is 11.9. The van der Waals surface area contributed by atoms with E-state index >= 15 is 0 Å². The molecule has 3 heterocycles. The molecule has 0 bridgehead atoms. The standard InChI is InChI=1S/C22H17F3N4O3/c1-31-21(30)19-8-7-16(32-19)13-29-12-14(17-4-2-3-5-18(17)29)10-27-28-20-9-6-15(11-26-20)22(23,24)25/h2-12H,13H2,1H3,(H,26,28)/b27-10+. The second-order valence-electron chi connectivity index (χ2n) is 6.79. The summed E-state index contributed by atoms with van der Waals surface area (Å²) in [7, 11) is 1.28. The van der Waals surface area contributed by atoms with E-state index in [0.717, 1.165) is 28.7 Å². The highest BCUT2D eigenvalue weighted by atomic mass is 19.4. The lowest BCUT2D eigenvalue weighted by Gasteiger charge is -2.06. The molecule has 1 aromatic carbocycles. The Kier molecular flexibility index (Phi) is 5.67. The minimum absolute atomic E-state index is 0.119. The number of carbonyl (C=O) groups excluding carboxylic acids is 1. The number of esters is 1. The van der Waals surface area contributed by atoms with Crippen LogP contribution in [0.2, 0.25) is 0 Å². The van der Waals surface area contributed by atoms with Gasteiger partial charge >= 0.3 is 12.1 Å². The van der Waals surface area contributed by atoms with Crippen molar-refractivity contribution in [1.29, 1.82) is 0 Å². The number of furan rings is 1. The lowest BCUT2D eigenvalue weighted by atomic mass is 10.2. The van der Waals surface area contributed by atoms with Crippen molar-refractivity contribution < 1.29 is 27.1 Å². The van der Waals surface area contributed by atoms with Crippen LogP contribution in [-0.4, -0.2) is 28.8 Å². The molecule has 0 fully saturated rings. The van der Waals surface area contributed by atoms with E-state index in [-0.39, 0.29) is 11.6 Å². The molecule has 1 N–H and O–H groups in total. The molecule has 32 heavy (non-hydrogen) atoms. The molecule has 10 heteroatoms. The van der Waals surface area contributed by atoms with Crippen LogP contribution in [0.3, 0.4) is 0 Å². The van der Waals surface area contributed by atoms with Crippen LogP contribution in [0.1, 0.15) is 27.4 Å². The highest BCUT2D eigenvalue weighted by Gasteiger charge is 2.30. The molecule has 0 amide bonds. The second-order valence-corrected chi connectivity index (χ2v) is 6.79. The number of carbonyl (C=O) groups is 1. The molecule has 0 aliphatic heterocycles. The van der Waals surface area contributed by atoms with Crippen LogP contribution in [0, 0.1) is 0 Å². The molecule has 0 radical (unpaired) electrons. The Balaban J connectivity index is 1.53. The number of rotatable bonds is 6. The van der Waals surface area contributed by atoms with Gasteiger partial charge in [-0.1, -0.05) is 18.2 Å². The lowest BCUT2D eigenvalue weighted by molar-refractivity contribution is -0.137. The summed E-state index contributed by atoms with van der Waals surface area (Å²) in [5.74, 6) is 0.323. The first-order chi connectivity index (χ1) is 15.3. The summed E-state index contributed by atoms with van der Waals surface area (Å²) >= 11 is 0. The number of ether oxygens (including phenoxy) is 1. The summed E-state index contributed by atoms with van der Waals surface area (Å²) in [6.45, 7) is 0.374. The number of para-hydroxylation sites is 1. The first-order valence-electron chi connectivity index (χ1n) is 9.42. The van der Waals surface area contributed by atoms with Crippen molar-refractivity contribution in [1.82, 2.24) is 9.55 Å². The van der Waals surface area contributed by atoms with Gasteiger partial charge in [0.05, 0.1) is 25.4 Å². The van der Waals surface area contributed by atoms with Gasteiger partial charge in [-0.15, -0.1) is 0 Å². The Morgan fingerprint density at radius 3 is 2.75 bits per heavy atom. The van der Waals surface area contributed by atoms with Gasteiger partial charge in [0.1, 0.15) is 11.6 Å². The maximum Gasteiger partial charge on any atom is 0.417 e. The fourth-order valence-electron chi connectivity index (χ4n) is 3.15. The number of aromatic nitrogens is 2. The molecule has 0 saturated carbocycles. The molecule has 3 aromatic heterocycles. The highest BCUT2D eigenvalue weighted by molar-refractivity contribution is 5.99. The number of hydrazone groups is 1. The summed E-state index contributed by atoms with van der Waals surface area (Å²) in [5, 5.41) is 5.01. The molecule has 4 aromatic rings. The Morgan fingerprint density at radius 1 is 1.22 bits per heavy atom. The Morgan fingerprint density at radius 2 is 2.03 bits per heavy atom. The zero-order valence-corrected chi connectivity index (χ0v) is 16.8. The van der Waals surface area contributed by atoms with E-state index in [1.54, 1.807) is 18.3 Å². The monoisotopic (exact) mass is 442 g/mol. The van der Waals surface area contributed by atoms with Crippen molar-refractivity contribution >= 4 is 28.9 Å². The molecule has 164 valence electrons. The van der Waals surface area contributed by atoms with Gasteiger partial charge in [-0.25, -0.2) is 9.78 Å². The van der Waals surface area contributed by atoms with Crippen LogP contribution in [0.15, 0.2) is 70.4 Å². The average molecular weight is 442 g/mol. The van der Waals surface area contributed by atoms with E-state index < -0.39 is 17.7 Å². The minimum Gasteiger partial charge on any atom is -0.463 e. The van der Waals surface area contributed by atoms with Gasteiger partial charge in [0.15, 0.2) is 0 Å². The number of hydrogen-bond acceptors (Lipinski definition) is 6. The number of halogens is 3. The number of nitrogens with zero attached hydrogens (tertiary/aromatic N) is 3. The minimum atomic E-state index is -4.44. The van der Waals surface area contributed by atoms with Crippen molar-refractivity contribution in [3.63, 3.8) is 0 Å². The summed E-state index contributed by atoms with van der Waals surface area (Å²) in [4.78, 5) is 15.3. The molecule has 0 atom stereocenters. The molecule has 0 unspecified atom stereocenters. The van der Waals surface area contributed by atoms with Crippen LogP contribution in [0.5, 0.6) is 0 Å². The van der Waals surface area contributed by atoms with Crippen molar-refractivity contribution in [3.05, 3.63) is 83.6 Å². The van der Waals surface area contributed by atoms with Crippen LogP contribution in [-0.2, 0) is 17.5 Å². The molecule has 4 rings (SSSR count). The summed E-state index contributed by atoms with van der Waals surface area (Å²) in [5.41, 5.74) is 3.49. The van der Waals surface area contributed by atoms with E-state index in [0.29, 0.717) is 12.3 Å². The van der Waals surface area contributed by atoms with Gasteiger partial charge in [-0.3, -0.25) is 5.43 Å². The lowest BCUT2D eigenvalue weighted by Crippen LogP contribution is -2.05. The van der Waals surface area contributed by atoms with E-state index in [1.807, 2.05) is 35.0 Å². The maximum absolute atomic E-state index is 12.6. The first kappa shape index (κ1) is 21.2. The highest BCUT2D eigenvalue weighted by Crippen LogP contribution is 2.29. The number of nitrogens with one attached hydrogen (secondary N) is 1. The van der Waals surface area contributed by atoms with Gasteiger partial charge in [0.2, 0.25) is 5.76 Å². The molecule has 0 spiro atoms. The quantitative estimate of drug-likeness (QED) is 0.260. The van der Waals surface area contributed by atoms with Crippen molar-refractivity contribution in [2.45, 2.75) is 12.7 Å². The van der Waals surface area contributed by atoms with Crippen molar-refractivity contribution in [2.24, 2.45) is 5.10 Å². The van der Waals surface area contributed by atoms with E-state index in [1.165, 1.54) is 13.2 Å². The molecule has 0 aliphatic carbocycles. The predicted octanol–water partition coefficient (Wildman–Crippen LogP) is 4.93. The van der Waals surface area contributed by atoms with Crippen molar-refractivity contribution in [2.75, 3.05) is 12.5 Å². The van der Waals surface area contributed by atoms with Crippen molar-refractivity contribution in [3.8, 4) is 0 Å². The Bertz CT molecular complexity index is 1270. The van der Waals surface area contributed by atoms with E-state index in [4.69, 9.17) is 4.42 Å². The molecule has 0 aliphatic rings. The van der Waals surface area contributed by atoms with Crippen LogP contribution < -0.4 is 5.43 Å². The van der Waals surface area contributed by atoms with Gasteiger partial charge in [0.25, 0.3) is 0 Å². The van der Waals surface area contributed by atoms with Crippen LogP contribution >= 0.6 is 0 Å². The number of fused-ring (bicyclic) bond motifs is 1. The number of methoxy groups -OCH3 is 1. The zero-order chi connectivity index (χ0) is 22.7. The largest absolute Gasteiger partial charge is 0.463 e. The number of hydrogen-bond donors (Lipinski definition) is 1. The number of benzene rings is 1. The summed E-state index contributed by atoms with van der Waals surface area (Å²) in [6.07, 6.45) is -0.283. The van der Waals surface area contributed by atoms with Gasteiger partial charge in [-0.2, -0.15) is 18.3 Å². The molecular weight excluding hydrogens is 425 g/mol. The Labute approximate surface area is 180 Å². The third kappa shape index (κ3) is 4.48. The zero-order valence-electron chi connectivity index (χ0n) is 16.8. The fraction of sp³-hybridized carbons (Fsp3) is 0.136. The number of pyridine rings is 1. The SMILES string of the molecule is COC(=O)c1ccc(Cn2cc(/C=N/Nc3ccc(C(F)(F)F)cn3)c3ccccc32)o1. The average Bonchev–Trinajstić information content (AvgIpc) is 3.39. The predicted molar refractivity (Wildman–Crippen MR) is 112 cm³/mol. The third-order valence-electron chi connectivity index (χ3n) is 4.67. The fourth-order valence-corrected chi connectivity index (χ4v) is 3.15.